The first-order chi connectivity index (χ1) is 17.8. The molecule has 12 nitrogen and oxygen atoms in total. The van der Waals surface area contributed by atoms with Gasteiger partial charge in [-0.3, -0.25) is 9.48 Å². The molecule has 0 aliphatic rings. The standard InChI is InChI=1S/C25H28FN9O3/c1-24(2,37)14-34-13-17(10-31-34)33-19-6-21(35-22-16(9-32-35)5-15(7-27)8-29-22)28-11-18(19)23(36)30-12-20(26)25(3,4)38/h5-6,8-11,13,20,37-38H,12,14H2,1-4H3,(H,28,33)(H,30,36). The predicted octanol–water partition coefficient (Wildman–Crippen LogP) is 2.24. The molecule has 1 amide bonds. The zero-order valence-corrected chi connectivity index (χ0v) is 21.3. The maximum absolute atomic E-state index is 14.3. The van der Waals surface area contributed by atoms with Gasteiger partial charge in [-0.25, -0.2) is 14.4 Å². The lowest BCUT2D eigenvalue weighted by Gasteiger charge is -2.22. The van der Waals surface area contributed by atoms with E-state index < -0.39 is 29.8 Å². The van der Waals surface area contributed by atoms with E-state index in [-0.39, 0.29) is 12.1 Å². The van der Waals surface area contributed by atoms with E-state index in [0.29, 0.717) is 33.8 Å². The predicted molar refractivity (Wildman–Crippen MR) is 137 cm³/mol. The third-order valence-electron chi connectivity index (χ3n) is 5.56. The van der Waals surface area contributed by atoms with Crippen LogP contribution in [0.4, 0.5) is 15.8 Å². The van der Waals surface area contributed by atoms with Gasteiger partial charge in [-0.05, 0) is 33.8 Å². The molecule has 0 aliphatic carbocycles. The molecule has 4 heterocycles. The van der Waals surface area contributed by atoms with Crippen LogP contribution in [0.2, 0.25) is 0 Å². The van der Waals surface area contributed by atoms with Gasteiger partial charge in [0.05, 0.1) is 59.2 Å². The number of anilines is 2. The number of pyridine rings is 2. The van der Waals surface area contributed by atoms with Gasteiger partial charge in [0.15, 0.2) is 11.5 Å². The lowest BCUT2D eigenvalue weighted by Crippen LogP contribution is -2.42. The molecule has 4 aromatic heterocycles. The minimum atomic E-state index is -1.69. The lowest BCUT2D eigenvalue weighted by atomic mass is 10.0. The Morgan fingerprint density at radius 1 is 1.13 bits per heavy atom. The van der Waals surface area contributed by atoms with E-state index in [4.69, 9.17) is 5.26 Å². The zero-order valence-electron chi connectivity index (χ0n) is 21.3. The van der Waals surface area contributed by atoms with Crippen LogP contribution in [0.15, 0.2) is 43.1 Å². The maximum atomic E-state index is 14.3. The first-order valence-electron chi connectivity index (χ1n) is 11.7. The summed E-state index contributed by atoms with van der Waals surface area (Å²) in [4.78, 5) is 21.7. The molecule has 0 fully saturated rings. The molecule has 4 rings (SSSR count). The van der Waals surface area contributed by atoms with Crippen molar-refractivity contribution in [3.63, 3.8) is 0 Å². The number of rotatable bonds is 9. The minimum Gasteiger partial charge on any atom is -0.389 e. The SMILES string of the molecule is CC(C)(O)Cn1cc(Nc2cc(-n3ncc4cc(C#N)cnc43)ncc2C(=O)NCC(F)C(C)(C)O)cn1. The van der Waals surface area contributed by atoms with Gasteiger partial charge < -0.3 is 20.8 Å². The summed E-state index contributed by atoms with van der Waals surface area (Å²) >= 11 is 0. The number of alkyl halides is 1. The van der Waals surface area contributed by atoms with E-state index in [1.54, 1.807) is 43.1 Å². The molecule has 4 N–H and O–H groups in total. The number of aliphatic hydroxyl groups is 2. The molecule has 0 aromatic carbocycles. The van der Waals surface area contributed by atoms with Crippen LogP contribution < -0.4 is 10.6 Å². The number of aromatic nitrogens is 6. The second kappa shape index (κ2) is 10.2. The Morgan fingerprint density at radius 3 is 2.58 bits per heavy atom. The molecular formula is C25H28FN9O3. The Bertz CT molecular complexity index is 1510. The van der Waals surface area contributed by atoms with Crippen molar-refractivity contribution in [1.29, 1.82) is 5.26 Å². The number of nitriles is 1. The average molecular weight is 522 g/mol. The Morgan fingerprint density at radius 2 is 1.89 bits per heavy atom. The highest BCUT2D eigenvalue weighted by molar-refractivity contribution is 6.00. The van der Waals surface area contributed by atoms with Gasteiger partial charge in [-0.15, -0.1) is 0 Å². The second-order valence-corrected chi connectivity index (χ2v) is 10.1. The number of nitrogens with zero attached hydrogens (tertiary/aromatic N) is 7. The second-order valence-electron chi connectivity index (χ2n) is 10.1. The van der Waals surface area contributed by atoms with E-state index in [0.717, 1.165) is 0 Å². The van der Waals surface area contributed by atoms with Crippen molar-refractivity contribution in [3.8, 4) is 11.9 Å². The van der Waals surface area contributed by atoms with Gasteiger partial charge in [-0.1, -0.05) is 0 Å². The van der Waals surface area contributed by atoms with Crippen LogP contribution in [0.3, 0.4) is 0 Å². The fourth-order valence-corrected chi connectivity index (χ4v) is 3.59. The van der Waals surface area contributed by atoms with Crippen LogP contribution in [-0.4, -0.2) is 69.6 Å². The van der Waals surface area contributed by atoms with Crippen molar-refractivity contribution in [3.05, 3.63) is 54.2 Å². The summed E-state index contributed by atoms with van der Waals surface area (Å²) in [6.45, 7) is 5.80. The summed E-state index contributed by atoms with van der Waals surface area (Å²) in [5.74, 6) is -0.274. The van der Waals surface area contributed by atoms with Crippen LogP contribution in [0.5, 0.6) is 0 Å². The molecule has 0 aliphatic heterocycles. The van der Waals surface area contributed by atoms with Crippen LogP contribution in [-0.2, 0) is 6.54 Å². The largest absolute Gasteiger partial charge is 0.389 e. The van der Waals surface area contributed by atoms with Crippen molar-refractivity contribution in [2.75, 3.05) is 11.9 Å². The number of carbonyl (C=O) groups excluding carboxylic acids is 1. The minimum absolute atomic E-state index is 0.114. The zero-order chi connectivity index (χ0) is 27.7. The molecule has 0 spiro atoms. The van der Waals surface area contributed by atoms with Crippen LogP contribution in [0, 0.1) is 11.3 Å². The summed E-state index contributed by atoms with van der Waals surface area (Å²) < 4.78 is 17.3. The summed E-state index contributed by atoms with van der Waals surface area (Å²) in [6.07, 6.45) is 5.82. The first kappa shape index (κ1) is 26.6. The highest BCUT2D eigenvalue weighted by Gasteiger charge is 2.27. The van der Waals surface area contributed by atoms with E-state index in [1.807, 2.05) is 6.07 Å². The van der Waals surface area contributed by atoms with Crippen molar-refractivity contribution in [2.24, 2.45) is 0 Å². The lowest BCUT2D eigenvalue weighted by molar-refractivity contribution is -0.00178. The van der Waals surface area contributed by atoms with Gasteiger partial charge in [0, 0.05) is 30.0 Å². The summed E-state index contributed by atoms with van der Waals surface area (Å²) in [5, 5.41) is 43.9. The van der Waals surface area contributed by atoms with Crippen molar-refractivity contribution >= 4 is 28.3 Å². The van der Waals surface area contributed by atoms with Gasteiger partial charge in [0.1, 0.15) is 12.2 Å². The maximum Gasteiger partial charge on any atom is 0.255 e. The molecule has 1 atom stereocenters. The highest BCUT2D eigenvalue weighted by atomic mass is 19.1. The average Bonchev–Trinajstić information content (AvgIpc) is 3.46. The Balaban J connectivity index is 1.69. The Kier molecular flexibility index (Phi) is 7.12. The van der Waals surface area contributed by atoms with Gasteiger partial charge >= 0.3 is 0 Å². The Hall–Kier alpha value is -4.41. The van der Waals surface area contributed by atoms with Gasteiger partial charge in [0.2, 0.25) is 0 Å². The molecule has 198 valence electrons. The van der Waals surface area contributed by atoms with E-state index in [2.05, 4.69) is 30.8 Å². The summed E-state index contributed by atoms with van der Waals surface area (Å²) in [6, 6.07) is 5.27. The first-order valence-corrected chi connectivity index (χ1v) is 11.7. The highest BCUT2D eigenvalue weighted by Crippen LogP contribution is 2.25. The molecule has 4 aromatic rings. The van der Waals surface area contributed by atoms with Crippen LogP contribution >= 0.6 is 0 Å². The summed E-state index contributed by atoms with van der Waals surface area (Å²) in [5.41, 5.74) is -0.786. The number of amides is 1. The van der Waals surface area contributed by atoms with E-state index in [9.17, 15) is 19.4 Å². The fourth-order valence-electron chi connectivity index (χ4n) is 3.59. The van der Waals surface area contributed by atoms with Crippen molar-refractivity contribution < 1.29 is 19.4 Å². The molecule has 0 radical (unpaired) electrons. The van der Waals surface area contributed by atoms with Crippen molar-refractivity contribution in [2.45, 2.75) is 51.6 Å². The van der Waals surface area contributed by atoms with Crippen molar-refractivity contribution in [1.82, 2.24) is 34.8 Å². The van der Waals surface area contributed by atoms with Crippen LogP contribution in [0.1, 0.15) is 43.6 Å². The monoisotopic (exact) mass is 521 g/mol. The molecule has 0 bridgehead atoms. The third-order valence-corrected chi connectivity index (χ3v) is 5.56. The summed E-state index contributed by atoms with van der Waals surface area (Å²) in [7, 11) is 0. The molecule has 13 heteroatoms. The fraction of sp³-hybridized carbons (Fsp3) is 0.360. The third kappa shape index (κ3) is 6.10. The number of hydrogen-bond acceptors (Lipinski definition) is 9. The number of hydrogen-bond donors (Lipinski definition) is 4. The molecule has 38 heavy (non-hydrogen) atoms. The van der Waals surface area contributed by atoms with Gasteiger partial charge in [0.25, 0.3) is 5.91 Å². The molecule has 0 saturated heterocycles. The number of halogens is 1. The van der Waals surface area contributed by atoms with Gasteiger partial charge in [-0.2, -0.15) is 20.1 Å². The quantitative estimate of drug-likeness (QED) is 0.258. The molecule has 1 unspecified atom stereocenters. The number of carbonyl (C=O) groups is 1. The number of fused-ring (bicyclic) bond motifs is 1. The van der Waals surface area contributed by atoms with E-state index >= 15 is 0 Å². The molecule has 0 saturated carbocycles. The smallest absolute Gasteiger partial charge is 0.255 e. The Labute approximate surface area is 217 Å². The van der Waals surface area contributed by atoms with E-state index in [1.165, 1.54) is 37.1 Å². The van der Waals surface area contributed by atoms with Crippen LogP contribution in [0.25, 0.3) is 16.9 Å². The topological polar surface area (TPSA) is 167 Å². The molecular weight excluding hydrogens is 493 g/mol. The number of nitrogens with one attached hydrogen (secondary N) is 2. The normalized spacial score (nSPS) is 12.8.